The molecule has 2 amide bonds. The average molecular weight is 380 g/mol. The Hall–Kier alpha value is -1.30. The highest BCUT2D eigenvalue weighted by Gasteiger charge is 2.55. The van der Waals surface area contributed by atoms with Gasteiger partial charge in [-0.25, -0.2) is 4.79 Å². The van der Waals surface area contributed by atoms with E-state index in [1.165, 1.54) is 12.8 Å². The lowest BCUT2D eigenvalue weighted by atomic mass is 9.88. The second-order valence-electron chi connectivity index (χ2n) is 7.31. The maximum Gasteiger partial charge on any atom is 0.322 e. The fraction of sp³-hybridized carbons (Fsp3) is 0.647. The van der Waals surface area contributed by atoms with E-state index in [1.807, 2.05) is 16.4 Å². The van der Waals surface area contributed by atoms with E-state index in [-0.39, 0.29) is 11.5 Å². The molecule has 0 aromatic carbocycles. The lowest BCUT2D eigenvalue weighted by Crippen LogP contribution is -2.49. The summed E-state index contributed by atoms with van der Waals surface area (Å²) in [5, 5.41) is 2.87. The molecular weight excluding hydrogens is 358 g/mol. The van der Waals surface area contributed by atoms with Crippen molar-refractivity contribution < 1.29 is 4.79 Å². The quantitative estimate of drug-likeness (QED) is 0.853. The van der Waals surface area contributed by atoms with E-state index in [0.717, 1.165) is 32.2 Å². The second kappa shape index (κ2) is 5.36. The van der Waals surface area contributed by atoms with Gasteiger partial charge in [0, 0.05) is 31.0 Å². The van der Waals surface area contributed by atoms with Gasteiger partial charge in [0.05, 0.1) is 4.47 Å². The van der Waals surface area contributed by atoms with Crippen LogP contribution < -0.4 is 10.7 Å². The van der Waals surface area contributed by atoms with E-state index in [9.17, 15) is 9.59 Å². The predicted molar refractivity (Wildman–Crippen MR) is 92.6 cm³/mol. The van der Waals surface area contributed by atoms with Crippen molar-refractivity contribution >= 4 is 27.6 Å². The van der Waals surface area contributed by atoms with Crippen LogP contribution in [-0.2, 0) is 6.54 Å². The maximum atomic E-state index is 12.8. The summed E-state index contributed by atoms with van der Waals surface area (Å²) in [5.41, 5.74) is 0.747. The minimum atomic E-state index is -0.161. The Morgan fingerprint density at radius 2 is 1.96 bits per heavy atom. The molecule has 1 N–H and O–H groups in total. The summed E-state index contributed by atoms with van der Waals surface area (Å²) in [6, 6.07) is 0.611. The number of urea groups is 1. The fourth-order valence-electron chi connectivity index (χ4n) is 4.41. The van der Waals surface area contributed by atoms with Gasteiger partial charge < -0.3 is 14.8 Å². The monoisotopic (exact) mass is 379 g/mol. The van der Waals surface area contributed by atoms with Crippen LogP contribution in [0.5, 0.6) is 0 Å². The molecule has 1 aromatic rings. The average Bonchev–Trinajstić information content (AvgIpc) is 3.20. The number of nitrogens with zero attached hydrogens (tertiary/aromatic N) is 2. The topological polar surface area (TPSA) is 54.3 Å². The third-order valence-electron chi connectivity index (χ3n) is 5.79. The number of amides is 2. The third-order valence-corrected chi connectivity index (χ3v) is 6.36. The number of aromatic nitrogens is 1. The van der Waals surface area contributed by atoms with E-state index in [1.54, 1.807) is 12.4 Å². The number of carbonyl (C=O) groups is 1. The first-order valence-corrected chi connectivity index (χ1v) is 9.29. The van der Waals surface area contributed by atoms with Gasteiger partial charge in [0.15, 0.2) is 0 Å². The van der Waals surface area contributed by atoms with E-state index in [2.05, 4.69) is 21.2 Å². The highest BCUT2D eigenvalue weighted by Crippen LogP contribution is 2.59. The first-order valence-electron chi connectivity index (χ1n) is 8.50. The lowest BCUT2D eigenvalue weighted by Gasteiger charge is -2.39. The number of pyridine rings is 1. The van der Waals surface area contributed by atoms with Crippen LogP contribution in [0.25, 0.3) is 0 Å². The normalized spacial score (nSPS) is 27.3. The molecule has 1 saturated carbocycles. The van der Waals surface area contributed by atoms with E-state index in [0.29, 0.717) is 27.7 Å². The zero-order chi connectivity index (χ0) is 16.2. The van der Waals surface area contributed by atoms with Gasteiger partial charge in [0.1, 0.15) is 5.69 Å². The number of fused-ring (bicyclic) bond motifs is 2. The number of hydrogen-bond donors (Lipinski definition) is 1. The molecule has 2 atom stereocenters. The molecule has 3 aliphatic rings. The standard InChI is InChI=1S/C17H22BrN3O2/c1-2-20-9-13(18)15(22)14(10-20)19-16(23)21-11-3-4-12(21)8-17(7-11)5-6-17/h9-12H,2-8H2,1H3,(H,19,23). The smallest absolute Gasteiger partial charge is 0.322 e. The lowest BCUT2D eigenvalue weighted by molar-refractivity contribution is 0.123. The summed E-state index contributed by atoms with van der Waals surface area (Å²) in [5.74, 6) is 0. The van der Waals surface area contributed by atoms with E-state index in [4.69, 9.17) is 0 Å². The molecule has 2 saturated heterocycles. The van der Waals surface area contributed by atoms with Crippen LogP contribution in [0.15, 0.2) is 21.7 Å². The van der Waals surface area contributed by atoms with E-state index < -0.39 is 0 Å². The van der Waals surface area contributed by atoms with Crippen molar-refractivity contribution in [1.82, 2.24) is 9.47 Å². The van der Waals surface area contributed by atoms with Gasteiger partial charge in [0.25, 0.3) is 0 Å². The molecule has 1 spiro atoms. The molecule has 2 unspecified atom stereocenters. The van der Waals surface area contributed by atoms with Crippen LogP contribution in [0, 0.1) is 5.41 Å². The molecule has 124 valence electrons. The Bertz CT molecular complexity index is 694. The van der Waals surface area contributed by atoms with Gasteiger partial charge in [0.2, 0.25) is 5.43 Å². The SMILES string of the molecule is CCn1cc(Br)c(=O)c(NC(=O)N2C3CCC2CC2(CC2)C3)c1. The van der Waals surface area contributed by atoms with Gasteiger partial charge in [-0.15, -0.1) is 0 Å². The Balaban J connectivity index is 1.55. The molecule has 6 heteroatoms. The second-order valence-corrected chi connectivity index (χ2v) is 8.16. The number of carbonyl (C=O) groups excluding carboxylic acids is 1. The van der Waals surface area contributed by atoms with Gasteiger partial charge in [-0.05, 0) is 66.8 Å². The largest absolute Gasteiger partial charge is 0.351 e. The highest BCUT2D eigenvalue weighted by atomic mass is 79.9. The number of anilines is 1. The van der Waals surface area contributed by atoms with Gasteiger partial charge in [-0.2, -0.15) is 0 Å². The Kier molecular flexibility index (Phi) is 3.55. The van der Waals surface area contributed by atoms with Crippen LogP contribution in [0.2, 0.25) is 0 Å². The van der Waals surface area contributed by atoms with Crippen molar-refractivity contribution in [3.05, 3.63) is 27.1 Å². The van der Waals surface area contributed by atoms with Crippen LogP contribution >= 0.6 is 15.9 Å². The minimum Gasteiger partial charge on any atom is -0.351 e. The molecule has 3 fully saturated rings. The molecule has 1 aliphatic carbocycles. The molecule has 2 aliphatic heterocycles. The van der Waals surface area contributed by atoms with Crippen LogP contribution in [0.4, 0.5) is 10.5 Å². The minimum absolute atomic E-state index is 0.106. The molecule has 0 radical (unpaired) electrons. The molecule has 5 nitrogen and oxygen atoms in total. The van der Waals surface area contributed by atoms with Crippen molar-refractivity contribution in [2.24, 2.45) is 5.41 Å². The summed E-state index contributed by atoms with van der Waals surface area (Å²) in [6.45, 7) is 2.75. The summed E-state index contributed by atoms with van der Waals surface area (Å²) in [7, 11) is 0. The molecule has 1 aromatic heterocycles. The molecule has 23 heavy (non-hydrogen) atoms. The van der Waals surface area contributed by atoms with E-state index >= 15 is 0 Å². The summed E-state index contributed by atoms with van der Waals surface area (Å²) >= 11 is 3.28. The molecular formula is C17H22BrN3O2. The number of rotatable bonds is 2. The van der Waals surface area contributed by atoms with Crippen molar-refractivity contribution in [2.75, 3.05) is 5.32 Å². The molecule has 3 heterocycles. The summed E-state index contributed by atoms with van der Waals surface area (Å²) in [4.78, 5) is 27.0. The van der Waals surface area contributed by atoms with Crippen molar-refractivity contribution in [2.45, 2.75) is 64.1 Å². The van der Waals surface area contributed by atoms with Crippen molar-refractivity contribution in [1.29, 1.82) is 0 Å². The number of nitrogens with one attached hydrogen (secondary N) is 1. The number of hydrogen-bond acceptors (Lipinski definition) is 2. The van der Waals surface area contributed by atoms with Crippen molar-refractivity contribution in [3.8, 4) is 0 Å². The predicted octanol–water partition coefficient (Wildman–Crippen LogP) is 3.57. The first kappa shape index (κ1) is 15.2. The Morgan fingerprint density at radius 1 is 1.30 bits per heavy atom. The first-order chi connectivity index (χ1) is 11.0. The number of aryl methyl sites for hydroxylation is 1. The van der Waals surface area contributed by atoms with Crippen LogP contribution in [0.3, 0.4) is 0 Å². The van der Waals surface area contributed by atoms with Crippen molar-refractivity contribution in [3.63, 3.8) is 0 Å². The number of piperidine rings is 1. The highest BCUT2D eigenvalue weighted by molar-refractivity contribution is 9.10. The van der Waals surface area contributed by atoms with Gasteiger partial charge in [-0.1, -0.05) is 0 Å². The number of halogens is 1. The Labute approximate surface area is 144 Å². The fourth-order valence-corrected chi connectivity index (χ4v) is 4.88. The maximum absolute atomic E-state index is 12.8. The van der Waals surface area contributed by atoms with Crippen LogP contribution in [-0.4, -0.2) is 27.6 Å². The van der Waals surface area contributed by atoms with Crippen LogP contribution in [0.1, 0.15) is 45.4 Å². The summed E-state index contributed by atoms with van der Waals surface area (Å²) in [6.07, 6.45) is 10.7. The zero-order valence-corrected chi connectivity index (χ0v) is 14.9. The molecule has 2 bridgehead atoms. The zero-order valence-electron chi connectivity index (χ0n) is 13.3. The molecule has 4 rings (SSSR count). The van der Waals surface area contributed by atoms with Gasteiger partial charge >= 0.3 is 6.03 Å². The van der Waals surface area contributed by atoms with Gasteiger partial charge in [-0.3, -0.25) is 4.79 Å². The third kappa shape index (κ3) is 2.61. The summed E-state index contributed by atoms with van der Waals surface area (Å²) < 4.78 is 2.38. The Morgan fingerprint density at radius 3 is 2.52 bits per heavy atom.